The maximum absolute atomic E-state index is 14.3. The molecule has 18 nitrogen and oxygen atoms in total. The minimum atomic E-state index is -4.15. The van der Waals surface area contributed by atoms with Gasteiger partial charge in [-0.15, -0.1) is 0 Å². The molecule has 6 rings (SSSR count). The van der Waals surface area contributed by atoms with Crippen molar-refractivity contribution in [3.63, 3.8) is 0 Å². The molecule has 2 atom stereocenters. The van der Waals surface area contributed by atoms with E-state index in [2.05, 4.69) is 44.6 Å². The number of halogens is 1. The van der Waals surface area contributed by atoms with E-state index in [0.29, 0.717) is 79.8 Å². The fourth-order valence-corrected chi connectivity index (χ4v) is 13.6. The van der Waals surface area contributed by atoms with Crippen molar-refractivity contribution in [2.45, 2.75) is 167 Å². The van der Waals surface area contributed by atoms with Crippen LogP contribution in [-0.4, -0.2) is 138 Å². The first-order valence-electron chi connectivity index (χ1n) is 29.4. The summed E-state index contributed by atoms with van der Waals surface area (Å²) >= 11 is 0. The number of nitrogens with two attached hydrogens (primary N) is 1. The van der Waals surface area contributed by atoms with Crippen LogP contribution in [0.3, 0.4) is 0 Å². The van der Waals surface area contributed by atoms with E-state index >= 15 is 0 Å². The third-order valence-corrected chi connectivity index (χ3v) is 17.9. The lowest BCUT2D eigenvalue weighted by molar-refractivity contribution is -0.135. The number of rotatable bonds is 18. The molecule has 0 saturated carbocycles. The van der Waals surface area contributed by atoms with Crippen LogP contribution in [0.15, 0.2) is 82.6 Å². The SMILES string of the molecule is CC(C)c1cc(C(C)C)c(S(=O)(=O)Cl)c(C(C)C)c1.CCOC(=O)N1CCN(C(=O)C(Cc2cccc(C#N)c2)NS(=O)(=O)c2c(C(C)C)cc(C(C)C)cc2C(C)C)CC1.CCOC(=O)N1CCN(C(=O)C(N)Cc2cccc(C#N)c2)CC1. The highest BCUT2D eigenvalue weighted by Gasteiger charge is 2.36. The van der Waals surface area contributed by atoms with E-state index in [4.69, 9.17) is 31.2 Å². The quantitative estimate of drug-likeness (QED) is 0.0880. The first-order chi connectivity index (χ1) is 39.9. The van der Waals surface area contributed by atoms with Crippen LogP contribution in [0, 0.1) is 22.7 Å². The number of hydrogen-bond donors (Lipinski definition) is 2. The number of hydrogen-bond acceptors (Lipinski definition) is 13. The normalized spacial score (nSPS) is 14.5. The van der Waals surface area contributed by atoms with Crippen LogP contribution in [0.1, 0.15) is 188 Å². The summed E-state index contributed by atoms with van der Waals surface area (Å²) in [6.07, 6.45) is -0.319. The van der Waals surface area contributed by atoms with Gasteiger partial charge in [-0.1, -0.05) is 132 Å². The van der Waals surface area contributed by atoms with Crippen molar-refractivity contribution in [3.05, 3.63) is 128 Å². The molecule has 4 aromatic carbocycles. The Bertz CT molecular complexity index is 3210. The largest absolute Gasteiger partial charge is 0.450 e. The second kappa shape index (κ2) is 32.3. The Morgan fingerprint density at radius 2 is 0.871 bits per heavy atom. The van der Waals surface area contributed by atoms with Crippen molar-refractivity contribution in [1.82, 2.24) is 24.3 Å². The number of nitrogens with zero attached hydrogens (tertiary/aromatic N) is 6. The summed E-state index contributed by atoms with van der Waals surface area (Å²) in [6, 6.07) is 24.2. The van der Waals surface area contributed by atoms with E-state index in [1.165, 1.54) is 0 Å². The average molecular weight is 1230 g/mol. The molecule has 0 aromatic heterocycles. The van der Waals surface area contributed by atoms with Gasteiger partial charge < -0.3 is 34.8 Å². The number of nitriles is 2. The zero-order chi connectivity index (χ0) is 63.7. The molecule has 0 bridgehead atoms. The number of nitrogens with one attached hydrogen (secondary N) is 1. The molecule has 2 fully saturated rings. The van der Waals surface area contributed by atoms with Gasteiger partial charge in [-0.25, -0.2) is 26.4 Å². The van der Waals surface area contributed by atoms with Crippen LogP contribution in [0.5, 0.6) is 0 Å². The minimum Gasteiger partial charge on any atom is -0.450 e. The smallest absolute Gasteiger partial charge is 0.409 e. The van der Waals surface area contributed by atoms with E-state index in [1.807, 2.05) is 85.7 Å². The Labute approximate surface area is 510 Å². The zero-order valence-corrected chi connectivity index (χ0v) is 54.5. The van der Waals surface area contributed by atoms with Gasteiger partial charge in [-0.05, 0) is 131 Å². The Morgan fingerprint density at radius 3 is 1.20 bits per heavy atom. The molecule has 2 aliphatic rings. The highest BCUT2D eigenvalue weighted by atomic mass is 35.7. The maximum Gasteiger partial charge on any atom is 0.409 e. The molecule has 3 N–H and O–H groups in total. The van der Waals surface area contributed by atoms with Gasteiger partial charge in [0.2, 0.25) is 21.8 Å². The first kappa shape index (κ1) is 70.9. The molecule has 2 unspecified atom stereocenters. The van der Waals surface area contributed by atoms with Crippen LogP contribution in [0.2, 0.25) is 0 Å². The number of carbonyl (C=O) groups excluding carboxylic acids is 4. The molecule has 0 aliphatic carbocycles. The summed E-state index contributed by atoms with van der Waals surface area (Å²) in [4.78, 5) is 57.2. The van der Waals surface area contributed by atoms with Gasteiger partial charge in [0.05, 0.1) is 52.3 Å². The Morgan fingerprint density at radius 1 is 0.529 bits per heavy atom. The van der Waals surface area contributed by atoms with Crippen molar-refractivity contribution in [2.75, 3.05) is 65.6 Å². The molecule has 85 heavy (non-hydrogen) atoms. The molecule has 0 spiro atoms. The van der Waals surface area contributed by atoms with E-state index in [1.54, 1.807) is 75.9 Å². The molecule has 2 heterocycles. The van der Waals surface area contributed by atoms with Gasteiger partial charge >= 0.3 is 12.2 Å². The lowest BCUT2D eigenvalue weighted by atomic mass is 9.89. The van der Waals surface area contributed by atoms with Crippen LogP contribution in [-0.2, 0) is 51.0 Å². The molecular formula is C64H89ClN8O10S2. The van der Waals surface area contributed by atoms with E-state index < -0.39 is 37.3 Å². The summed E-state index contributed by atoms with van der Waals surface area (Å²) in [5, 5.41) is 18.3. The number of carbonyl (C=O) groups is 4. The number of amides is 4. The van der Waals surface area contributed by atoms with Crippen LogP contribution in [0.25, 0.3) is 0 Å². The van der Waals surface area contributed by atoms with Crippen LogP contribution in [0.4, 0.5) is 9.59 Å². The van der Waals surface area contributed by atoms with Crippen molar-refractivity contribution < 1.29 is 45.5 Å². The van der Waals surface area contributed by atoms with Gasteiger partial charge in [0.25, 0.3) is 9.05 Å². The van der Waals surface area contributed by atoms with Crippen LogP contribution < -0.4 is 10.5 Å². The number of piperazine rings is 2. The monoisotopic (exact) mass is 1230 g/mol. The van der Waals surface area contributed by atoms with Gasteiger partial charge in [-0.3, -0.25) is 9.59 Å². The van der Waals surface area contributed by atoms with Gasteiger partial charge in [0, 0.05) is 63.0 Å². The maximum atomic E-state index is 14.3. The molecule has 4 aromatic rings. The summed E-state index contributed by atoms with van der Waals surface area (Å²) in [7, 11) is -2.21. The molecule has 0 radical (unpaired) electrons. The predicted octanol–water partition coefficient (Wildman–Crippen LogP) is 10.8. The Balaban J connectivity index is 0.000000303. The number of ether oxygens (including phenoxy) is 2. The third-order valence-electron chi connectivity index (χ3n) is 14.8. The second-order valence-electron chi connectivity index (χ2n) is 23.3. The minimum absolute atomic E-state index is 0.0646. The van der Waals surface area contributed by atoms with Crippen molar-refractivity contribution in [3.8, 4) is 12.1 Å². The number of benzene rings is 4. The summed E-state index contributed by atoms with van der Waals surface area (Å²) < 4.78 is 65.3. The summed E-state index contributed by atoms with van der Waals surface area (Å²) in [5.41, 5.74) is 13.9. The first-order valence-corrected chi connectivity index (χ1v) is 33.1. The fourth-order valence-electron chi connectivity index (χ4n) is 10.0. The highest BCUT2D eigenvalue weighted by Crippen LogP contribution is 2.38. The van der Waals surface area contributed by atoms with E-state index in [9.17, 15) is 41.3 Å². The Hall–Kier alpha value is -6.55. The summed E-state index contributed by atoms with van der Waals surface area (Å²) in [5.74, 6) is 0.193. The van der Waals surface area contributed by atoms with Gasteiger partial charge in [0.15, 0.2) is 0 Å². The molecule has 2 aliphatic heterocycles. The standard InChI is InChI=1S/C32H44N4O5S.C17H22N4O3.C15H23ClO2S/c1-8-41-32(38)36-14-12-35(13-15-36)31(37)29(17-24-10-9-11-25(16-24)20-33)34-42(39,40)30-27(22(4)5)18-26(21(2)3)19-28(30)23(6)7;1-2-24-17(23)21-8-6-20(7-9-21)16(22)15(19)11-13-4-3-5-14(10-13)12-18;1-9(2)12-7-13(10(3)4)15(19(16,17)18)14(8-12)11(5)6/h9-11,16,18-19,21-23,29,34H,8,12-15,17H2,1-7H3;3-5,10,15H,2,6-9,11,19H2,1H3;7-11H,1-6H3. The lowest BCUT2D eigenvalue weighted by Crippen LogP contribution is -2.56. The highest BCUT2D eigenvalue weighted by molar-refractivity contribution is 8.13. The topological polar surface area (TPSA) is 254 Å². The lowest BCUT2D eigenvalue weighted by Gasteiger charge is -2.36. The molecule has 21 heteroatoms. The van der Waals surface area contributed by atoms with E-state index in [-0.39, 0.29) is 78.5 Å². The molecule has 4 amide bonds. The summed E-state index contributed by atoms with van der Waals surface area (Å²) in [6.45, 7) is 31.2. The zero-order valence-electron chi connectivity index (χ0n) is 52.1. The number of sulfonamides is 1. The van der Waals surface area contributed by atoms with Crippen LogP contribution >= 0.6 is 10.7 Å². The van der Waals surface area contributed by atoms with Gasteiger partial charge in [0.1, 0.15) is 6.04 Å². The fraction of sp³-hybridized carbons (Fsp3) is 0.531. The molecule has 2 saturated heterocycles. The van der Waals surface area contributed by atoms with Crippen molar-refractivity contribution >= 4 is 53.8 Å². The third kappa shape index (κ3) is 20.0. The van der Waals surface area contributed by atoms with Crippen molar-refractivity contribution in [2.24, 2.45) is 5.73 Å². The Kier molecular flexibility index (Phi) is 26.9. The molecular weight excluding hydrogens is 1140 g/mol. The van der Waals surface area contributed by atoms with Crippen molar-refractivity contribution in [1.29, 1.82) is 10.5 Å². The second-order valence-corrected chi connectivity index (χ2v) is 27.4. The molecule has 464 valence electrons. The predicted molar refractivity (Wildman–Crippen MR) is 333 cm³/mol. The van der Waals surface area contributed by atoms with Gasteiger partial charge in [-0.2, -0.15) is 15.2 Å². The van der Waals surface area contributed by atoms with E-state index in [0.717, 1.165) is 38.9 Å². The average Bonchev–Trinajstić information content (AvgIpc) is 1.63.